The highest BCUT2D eigenvalue weighted by atomic mass is 35.5. The van der Waals surface area contributed by atoms with Gasteiger partial charge in [-0.2, -0.15) is 0 Å². The van der Waals surface area contributed by atoms with Crippen molar-refractivity contribution in [3.05, 3.63) is 28.8 Å². The van der Waals surface area contributed by atoms with Crippen molar-refractivity contribution in [2.24, 2.45) is 0 Å². The minimum Gasteiger partial charge on any atom is -0.392 e. The zero-order valence-corrected chi connectivity index (χ0v) is 11.0. The van der Waals surface area contributed by atoms with Gasteiger partial charge in [0.2, 0.25) is 0 Å². The monoisotopic (exact) mass is 241 g/mol. The Labute approximate surface area is 103 Å². The lowest BCUT2D eigenvalue weighted by Gasteiger charge is -2.29. The highest BCUT2D eigenvalue weighted by Crippen LogP contribution is 2.28. The number of hydrogen-bond acceptors (Lipinski definition) is 2. The maximum absolute atomic E-state index is 9.03. The number of benzene rings is 1. The first-order valence-corrected chi connectivity index (χ1v) is 6.13. The second-order valence-electron chi connectivity index (χ2n) is 4.23. The Kier molecular flexibility index (Phi) is 5.10. The summed E-state index contributed by atoms with van der Waals surface area (Å²) in [5, 5.41) is 9.75. The molecular weight excluding hydrogens is 222 g/mol. The van der Waals surface area contributed by atoms with E-state index < -0.39 is 0 Å². The molecule has 3 heteroatoms. The van der Waals surface area contributed by atoms with E-state index in [4.69, 9.17) is 16.7 Å². The van der Waals surface area contributed by atoms with Gasteiger partial charge in [0, 0.05) is 12.6 Å². The van der Waals surface area contributed by atoms with Gasteiger partial charge in [-0.1, -0.05) is 24.6 Å². The zero-order chi connectivity index (χ0) is 12.1. The first-order valence-electron chi connectivity index (χ1n) is 5.76. The fourth-order valence-electron chi connectivity index (χ4n) is 1.78. The summed E-state index contributed by atoms with van der Waals surface area (Å²) in [6.45, 7) is 7.51. The lowest BCUT2D eigenvalue weighted by molar-refractivity contribution is 0.282. The van der Waals surface area contributed by atoms with Crippen LogP contribution in [0.25, 0.3) is 0 Å². The molecule has 0 unspecified atom stereocenters. The summed E-state index contributed by atoms with van der Waals surface area (Å²) in [7, 11) is 0. The van der Waals surface area contributed by atoms with Crippen molar-refractivity contribution in [1.29, 1.82) is 0 Å². The Hall–Kier alpha value is -0.730. The van der Waals surface area contributed by atoms with Crippen LogP contribution in [-0.4, -0.2) is 17.7 Å². The molecule has 1 N–H and O–H groups in total. The molecule has 0 radical (unpaired) electrons. The number of aliphatic hydroxyl groups excluding tert-OH is 1. The van der Waals surface area contributed by atoms with Gasteiger partial charge >= 0.3 is 0 Å². The maximum Gasteiger partial charge on any atom is 0.0682 e. The van der Waals surface area contributed by atoms with E-state index in [1.807, 2.05) is 18.2 Å². The lowest BCUT2D eigenvalue weighted by atomic mass is 10.1. The fraction of sp³-hybridized carbons (Fsp3) is 0.538. The largest absolute Gasteiger partial charge is 0.392 e. The van der Waals surface area contributed by atoms with Crippen LogP contribution in [0.4, 0.5) is 5.69 Å². The van der Waals surface area contributed by atoms with Crippen LogP contribution in [-0.2, 0) is 6.61 Å². The molecule has 1 aromatic carbocycles. The molecule has 16 heavy (non-hydrogen) atoms. The molecule has 0 saturated carbocycles. The Morgan fingerprint density at radius 3 is 2.50 bits per heavy atom. The molecule has 2 nitrogen and oxygen atoms in total. The molecule has 1 rings (SSSR count). The molecule has 0 fully saturated rings. The molecule has 0 aliphatic heterocycles. The average molecular weight is 242 g/mol. The highest BCUT2D eigenvalue weighted by molar-refractivity contribution is 6.33. The first kappa shape index (κ1) is 13.3. The molecule has 90 valence electrons. The number of aliphatic hydroxyl groups is 1. The molecule has 0 atom stereocenters. The number of anilines is 1. The minimum absolute atomic E-state index is 0.0372. The van der Waals surface area contributed by atoms with Crippen molar-refractivity contribution in [3.8, 4) is 0 Å². The quantitative estimate of drug-likeness (QED) is 0.854. The van der Waals surface area contributed by atoms with Gasteiger partial charge in [-0.3, -0.25) is 0 Å². The topological polar surface area (TPSA) is 23.5 Å². The lowest BCUT2D eigenvalue weighted by Crippen LogP contribution is -2.31. The van der Waals surface area contributed by atoms with E-state index in [1.54, 1.807) is 0 Å². The van der Waals surface area contributed by atoms with E-state index in [-0.39, 0.29) is 6.61 Å². The fourth-order valence-corrected chi connectivity index (χ4v) is 2.09. The number of nitrogens with zero attached hydrogens (tertiary/aromatic N) is 1. The second kappa shape index (κ2) is 6.12. The maximum atomic E-state index is 9.03. The SMILES string of the molecule is CCCN(c1ccc(CO)cc1Cl)C(C)C. The van der Waals surface area contributed by atoms with Crippen molar-refractivity contribution in [3.63, 3.8) is 0 Å². The van der Waals surface area contributed by atoms with Crippen LogP contribution in [0.2, 0.25) is 5.02 Å². The van der Waals surface area contributed by atoms with Crippen LogP contribution in [0.5, 0.6) is 0 Å². The summed E-state index contributed by atoms with van der Waals surface area (Å²) in [5.74, 6) is 0. The van der Waals surface area contributed by atoms with E-state index >= 15 is 0 Å². The Bertz CT molecular complexity index is 339. The normalized spacial score (nSPS) is 10.9. The minimum atomic E-state index is 0.0372. The highest BCUT2D eigenvalue weighted by Gasteiger charge is 2.12. The predicted molar refractivity (Wildman–Crippen MR) is 70.1 cm³/mol. The molecule has 0 aliphatic rings. The number of rotatable bonds is 5. The van der Waals surface area contributed by atoms with Crippen molar-refractivity contribution in [2.75, 3.05) is 11.4 Å². The summed E-state index contributed by atoms with van der Waals surface area (Å²) in [6.07, 6.45) is 1.09. The van der Waals surface area contributed by atoms with Crippen molar-refractivity contribution in [2.45, 2.75) is 39.8 Å². The van der Waals surface area contributed by atoms with Gasteiger partial charge in [-0.25, -0.2) is 0 Å². The van der Waals surface area contributed by atoms with E-state index in [0.29, 0.717) is 11.1 Å². The van der Waals surface area contributed by atoms with Gasteiger partial charge in [0.15, 0.2) is 0 Å². The Balaban J connectivity index is 3.00. The van der Waals surface area contributed by atoms with Gasteiger partial charge in [0.25, 0.3) is 0 Å². The zero-order valence-electron chi connectivity index (χ0n) is 10.2. The van der Waals surface area contributed by atoms with Crippen LogP contribution in [0.3, 0.4) is 0 Å². The molecular formula is C13H20ClNO. The molecule has 0 amide bonds. The van der Waals surface area contributed by atoms with Crippen molar-refractivity contribution < 1.29 is 5.11 Å². The summed E-state index contributed by atoms with van der Waals surface area (Å²) in [5.41, 5.74) is 1.91. The third-order valence-electron chi connectivity index (χ3n) is 2.59. The predicted octanol–water partition coefficient (Wildman–Crippen LogP) is 3.46. The van der Waals surface area contributed by atoms with Crippen molar-refractivity contribution in [1.82, 2.24) is 0 Å². The second-order valence-corrected chi connectivity index (χ2v) is 4.64. The summed E-state index contributed by atoms with van der Waals surface area (Å²) in [6, 6.07) is 6.18. The van der Waals surface area contributed by atoms with Crippen LogP contribution < -0.4 is 4.90 Å². The summed E-state index contributed by atoms with van der Waals surface area (Å²) in [4.78, 5) is 2.28. The molecule has 0 saturated heterocycles. The third kappa shape index (κ3) is 3.13. The summed E-state index contributed by atoms with van der Waals surface area (Å²) < 4.78 is 0. The van der Waals surface area contributed by atoms with Crippen LogP contribution >= 0.6 is 11.6 Å². The average Bonchev–Trinajstić information content (AvgIpc) is 2.26. The molecule has 0 aromatic heterocycles. The molecule has 0 heterocycles. The van der Waals surface area contributed by atoms with Gasteiger partial charge < -0.3 is 10.0 Å². The number of hydrogen-bond donors (Lipinski definition) is 1. The van der Waals surface area contributed by atoms with Gasteiger partial charge in [-0.15, -0.1) is 0 Å². The van der Waals surface area contributed by atoms with Crippen LogP contribution in [0.1, 0.15) is 32.8 Å². The smallest absolute Gasteiger partial charge is 0.0682 e. The van der Waals surface area contributed by atoms with Gasteiger partial charge in [-0.05, 0) is 38.0 Å². The van der Waals surface area contributed by atoms with Crippen LogP contribution in [0, 0.1) is 0 Å². The summed E-state index contributed by atoms with van der Waals surface area (Å²) >= 11 is 6.23. The first-order chi connectivity index (χ1) is 7.60. The number of halogens is 1. The molecule has 1 aromatic rings. The van der Waals surface area contributed by atoms with E-state index in [2.05, 4.69) is 25.7 Å². The van der Waals surface area contributed by atoms with E-state index in [9.17, 15) is 0 Å². The van der Waals surface area contributed by atoms with Crippen LogP contribution in [0.15, 0.2) is 18.2 Å². The van der Waals surface area contributed by atoms with Gasteiger partial charge in [0.05, 0.1) is 17.3 Å². The van der Waals surface area contributed by atoms with E-state index in [1.165, 1.54) is 0 Å². The Morgan fingerprint density at radius 1 is 1.38 bits per heavy atom. The molecule has 0 bridgehead atoms. The standard InChI is InChI=1S/C13H20ClNO/c1-4-7-15(10(2)3)13-6-5-11(9-16)8-12(13)14/h5-6,8,10,16H,4,7,9H2,1-3H3. The molecule has 0 spiro atoms. The van der Waals surface area contributed by atoms with Gasteiger partial charge in [0.1, 0.15) is 0 Å². The third-order valence-corrected chi connectivity index (χ3v) is 2.89. The Morgan fingerprint density at radius 2 is 2.06 bits per heavy atom. The van der Waals surface area contributed by atoms with E-state index in [0.717, 1.165) is 24.2 Å². The van der Waals surface area contributed by atoms with Crippen molar-refractivity contribution >= 4 is 17.3 Å². The molecule has 0 aliphatic carbocycles.